The molecule has 7 atom stereocenters. The topological polar surface area (TPSA) is 275 Å². The number of carbonyl (C=O) groups excluding carboxylic acids is 5. The molecule has 270 valence electrons. The maximum absolute atomic E-state index is 13.5. The molecule has 16 nitrogen and oxygen atoms in total. The van der Waals surface area contributed by atoms with Gasteiger partial charge in [0.05, 0.1) is 12.6 Å². The molecule has 0 spiro atoms. The minimum atomic E-state index is -1.59. The van der Waals surface area contributed by atoms with E-state index in [4.69, 9.17) is 11.5 Å². The number of hydrogen-bond acceptors (Lipinski definition) is 10. The van der Waals surface area contributed by atoms with E-state index in [0.717, 1.165) is 0 Å². The van der Waals surface area contributed by atoms with Gasteiger partial charge in [0.1, 0.15) is 36.0 Å². The summed E-state index contributed by atoms with van der Waals surface area (Å²) in [5, 5.41) is 42.4. The number of nitrogens with one attached hydrogen (secondary N) is 5. The molecular weight excluding hydrogens is 626 g/mol. The van der Waals surface area contributed by atoms with E-state index in [9.17, 15) is 44.1 Å². The molecule has 0 heterocycles. The summed E-state index contributed by atoms with van der Waals surface area (Å²) < 4.78 is 0. The van der Waals surface area contributed by atoms with Crippen LogP contribution in [0.25, 0.3) is 0 Å². The number of aliphatic hydroxyl groups is 1. The van der Waals surface area contributed by atoms with Gasteiger partial charge in [0, 0.05) is 6.42 Å². The maximum Gasteiger partial charge on any atom is 0.326 e. The van der Waals surface area contributed by atoms with Gasteiger partial charge in [0.2, 0.25) is 29.5 Å². The van der Waals surface area contributed by atoms with Crippen molar-refractivity contribution in [2.45, 2.75) is 103 Å². The second-order valence-electron chi connectivity index (χ2n) is 12.2. The summed E-state index contributed by atoms with van der Waals surface area (Å²) in [7, 11) is 0. The molecule has 0 unspecified atom stereocenters. The number of amides is 5. The van der Waals surface area contributed by atoms with E-state index in [1.54, 1.807) is 20.8 Å². The Balaban J connectivity index is 3.25. The summed E-state index contributed by atoms with van der Waals surface area (Å²) in [6.07, 6.45) is 0.0240. The van der Waals surface area contributed by atoms with Crippen molar-refractivity contribution in [3.63, 3.8) is 0 Å². The number of carboxylic acid groups (broad SMARTS) is 1. The number of unbranched alkanes of at least 4 members (excludes halogenated alkanes) is 1. The summed E-state index contributed by atoms with van der Waals surface area (Å²) in [5.74, 6) is -5.87. The van der Waals surface area contributed by atoms with E-state index in [2.05, 4.69) is 26.6 Å². The molecule has 0 aliphatic carbocycles. The molecule has 0 aliphatic rings. The Morgan fingerprint density at radius 2 is 1.27 bits per heavy atom. The first-order chi connectivity index (χ1) is 22.6. The van der Waals surface area contributed by atoms with Crippen LogP contribution in [0.1, 0.15) is 65.9 Å². The first-order valence-electron chi connectivity index (χ1n) is 16.2. The van der Waals surface area contributed by atoms with Gasteiger partial charge < -0.3 is 53.4 Å². The van der Waals surface area contributed by atoms with Crippen molar-refractivity contribution < 1.29 is 44.1 Å². The van der Waals surface area contributed by atoms with Gasteiger partial charge in [0.25, 0.3) is 0 Å². The largest absolute Gasteiger partial charge is 0.508 e. The van der Waals surface area contributed by atoms with Crippen LogP contribution in [0, 0.1) is 11.8 Å². The van der Waals surface area contributed by atoms with Crippen molar-refractivity contribution in [3.8, 4) is 5.75 Å². The van der Waals surface area contributed by atoms with E-state index in [1.807, 2.05) is 6.92 Å². The third-order valence-corrected chi connectivity index (χ3v) is 7.88. The van der Waals surface area contributed by atoms with Gasteiger partial charge in [-0.2, -0.15) is 0 Å². The first kappa shape index (κ1) is 41.7. The van der Waals surface area contributed by atoms with E-state index in [-0.39, 0.29) is 31.1 Å². The van der Waals surface area contributed by atoms with Crippen LogP contribution in [-0.4, -0.2) is 100 Å². The Kier molecular flexibility index (Phi) is 18.1. The highest BCUT2D eigenvalue weighted by Gasteiger charge is 2.36. The Labute approximate surface area is 281 Å². The predicted molar refractivity (Wildman–Crippen MR) is 177 cm³/mol. The molecule has 0 saturated heterocycles. The third kappa shape index (κ3) is 13.8. The summed E-state index contributed by atoms with van der Waals surface area (Å²) >= 11 is 0. The summed E-state index contributed by atoms with van der Waals surface area (Å²) in [6, 6.07) is -0.577. The van der Waals surface area contributed by atoms with Gasteiger partial charge in [0.15, 0.2) is 0 Å². The van der Waals surface area contributed by atoms with Crippen LogP contribution in [0.15, 0.2) is 24.3 Å². The third-order valence-electron chi connectivity index (χ3n) is 7.88. The number of rotatable bonds is 21. The molecule has 0 fully saturated rings. The molecule has 0 radical (unpaired) electrons. The van der Waals surface area contributed by atoms with Crippen LogP contribution < -0.4 is 38.1 Å². The zero-order valence-corrected chi connectivity index (χ0v) is 28.3. The van der Waals surface area contributed by atoms with Crippen LogP contribution >= 0.6 is 0 Å². The second kappa shape index (κ2) is 20.8. The summed E-state index contributed by atoms with van der Waals surface area (Å²) in [4.78, 5) is 77.4. The fraction of sp³-hybridized carbons (Fsp3) is 0.625. The van der Waals surface area contributed by atoms with Crippen LogP contribution in [-0.2, 0) is 35.2 Å². The Bertz CT molecular complexity index is 1230. The van der Waals surface area contributed by atoms with E-state index in [1.165, 1.54) is 31.2 Å². The predicted octanol–water partition coefficient (Wildman–Crippen LogP) is -1.39. The number of aliphatic hydroxyl groups excluding tert-OH is 1. The summed E-state index contributed by atoms with van der Waals surface area (Å²) in [6.45, 7) is 8.15. The fourth-order valence-corrected chi connectivity index (χ4v) is 4.72. The SMILES string of the molecule is CC[C@H](C)[C@H](NC(=O)CN)C(=O)N[C@H](C(=O)N[C@H](C(=O)N[C@@H](Cc1ccc(O)cc1)C(=O)N[C@@H](CCCCN)C(=O)O)[C@@H](C)O)C(C)C. The highest BCUT2D eigenvalue weighted by atomic mass is 16.4. The Morgan fingerprint density at radius 3 is 1.77 bits per heavy atom. The molecule has 16 heteroatoms. The van der Waals surface area contributed by atoms with Gasteiger partial charge in [-0.25, -0.2) is 4.79 Å². The van der Waals surface area contributed by atoms with Crippen LogP contribution in [0.3, 0.4) is 0 Å². The lowest BCUT2D eigenvalue weighted by molar-refractivity contribution is -0.142. The first-order valence-corrected chi connectivity index (χ1v) is 16.2. The quantitative estimate of drug-likeness (QED) is 0.0676. The molecule has 1 aromatic carbocycles. The zero-order valence-electron chi connectivity index (χ0n) is 28.3. The second-order valence-corrected chi connectivity index (χ2v) is 12.2. The van der Waals surface area contributed by atoms with Gasteiger partial charge in [-0.3, -0.25) is 24.0 Å². The molecule has 48 heavy (non-hydrogen) atoms. The molecule has 5 amide bonds. The summed E-state index contributed by atoms with van der Waals surface area (Å²) in [5.41, 5.74) is 11.4. The number of aliphatic carboxylic acids is 1. The average Bonchev–Trinajstić information content (AvgIpc) is 3.03. The van der Waals surface area contributed by atoms with E-state index in [0.29, 0.717) is 31.4 Å². The van der Waals surface area contributed by atoms with Crippen molar-refractivity contribution in [2.24, 2.45) is 23.3 Å². The highest BCUT2D eigenvalue weighted by Crippen LogP contribution is 2.14. The van der Waals surface area contributed by atoms with Crippen molar-refractivity contribution >= 4 is 35.5 Å². The highest BCUT2D eigenvalue weighted by molar-refractivity contribution is 5.96. The van der Waals surface area contributed by atoms with Crippen molar-refractivity contribution in [3.05, 3.63) is 29.8 Å². The van der Waals surface area contributed by atoms with Crippen LogP contribution in [0.4, 0.5) is 0 Å². The van der Waals surface area contributed by atoms with Crippen molar-refractivity contribution in [2.75, 3.05) is 13.1 Å². The van der Waals surface area contributed by atoms with E-state index < -0.39 is 77.7 Å². The standard InChI is InChI=1S/C32H53N7O9/c1-6-18(4)26(37-24(42)16-34)30(45)38-25(17(2)3)29(44)39-27(19(5)40)31(46)36-23(15-20-10-12-21(41)13-11-20)28(43)35-22(32(47)48)9-7-8-14-33/h10-13,17-19,22-23,25-27,40-41H,6-9,14-16,33-34H2,1-5H3,(H,35,43)(H,36,46)(H,37,42)(H,38,45)(H,39,44)(H,47,48)/t18-,19+,22-,23-,25-,26-,27-/m0/s1. The van der Waals surface area contributed by atoms with Crippen LogP contribution in [0.5, 0.6) is 5.75 Å². The monoisotopic (exact) mass is 679 g/mol. The lowest BCUT2D eigenvalue weighted by atomic mass is 9.96. The molecule has 1 aromatic rings. The van der Waals surface area contributed by atoms with Gasteiger partial charge in [-0.1, -0.05) is 46.2 Å². The fourth-order valence-electron chi connectivity index (χ4n) is 4.72. The minimum Gasteiger partial charge on any atom is -0.508 e. The van der Waals surface area contributed by atoms with Gasteiger partial charge >= 0.3 is 5.97 Å². The Hall–Kier alpha value is -4.28. The number of carboxylic acids is 1. The van der Waals surface area contributed by atoms with Gasteiger partial charge in [-0.05, 0) is 62.3 Å². The molecular formula is C32H53N7O9. The normalized spacial score (nSPS) is 15.5. The lowest BCUT2D eigenvalue weighted by Gasteiger charge is -2.30. The number of phenolic OH excluding ortho intramolecular Hbond substituents is 1. The molecule has 0 saturated carbocycles. The molecule has 0 aromatic heterocycles. The minimum absolute atomic E-state index is 0.0319. The van der Waals surface area contributed by atoms with E-state index >= 15 is 0 Å². The number of benzene rings is 1. The van der Waals surface area contributed by atoms with Gasteiger partial charge in [-0.15, -0.1) is 0 Å². The Morgan fingerprint density at radius 1 is 0.729 bits per heavy atom. The number of nitrogens with two attached hydrogens (primary N) is 2. The van der Waals surface area contributed by atoms with Crippen LogP contribution in [0.2, 0.25) is 0 Å². The number of aromatic hydroxyl groups is 1. The number of hydrogen-bond donors (Lipinski definition) is 10. The smallest absolute Gasteiger partial charge is 0.326 e. The number of carbonyl (C=O) groups is 6. The molecule has 0 bridgehead atoms. The zero-order chi connectivity index (χ0) is 36.6. The molecule has 1 rings (SSSR count). The maximum atomic E-state index is 13.5. The molecule has 12 N–H and O–H groups in total. The lowest BCUT2D eigenvalue weighted by Crippen LogP contribution is -2.62. The van der Waals surface area contributed by atoms with Crippen molar-refractivity contribution in [1.29, 1.82) is 0 Å². The van der Waals surface area contributed by atoms with Crippen molar-refractivity contribution in [1.82, 2.24) is 26.6 Å². The molecule has 0 aliphatic heterocycles. The average molecular weight is 680 g/mol. The number of phenols is 1.